The van der Waals surface area contributed by atoms with E-state index in [1.54, 1.807) is 6.07 Å². The van der Waals surface area contributed by atoms with E-state index in [1.165, 1.54) is 0 Å². The topological polar surface area (TPSA) is 33.4 Å². The Hall–Kier alpha value is -2.48. The Morgan fingerprint density at radius 3 is 2.56 bits per heavy atom. The lowest BCUT2D eigenvalue weighted by molar-refractivity contribution is 0.481. The lowest BCUT2D eigenvalue weighted by Crippen LogP contribution is -1.74. The first-order valence-electron chi connectivity index (χ1n) is 5.86. The fourth-order valence-electron chi connectivity index (χ4n) is 2.48. The van der Waals surface area contributed by atoms with Crippen LogP contribution in [0.4, 0.5) is 0 Å². The van der Waals surface area contributed by atoms with Gasteiger partial charge in [-0.1, -0.05) is 30.3 Å². The first-order chi connectivity index (χ1) is 8.83. The number of aromatic hydroxyl groups is 1. The summed E-state index contributed by atoms with van der Waals surface area (Å²) < 4.78 is 5.80. The molecule has 86 valence electrons. The van der Waals surface area contributed by atoms with E-state index in [2.05, 4.69) is 12.1 Å². The van der Waals surface area contributed by atoms with Crippen LogP contribution in [-0.2, 0) is 0 Å². The highest BCUT2D eigenvalue weighted by atomic mass is 16.3. The summed E-state index contributed by atoms with van der Waals surface area (Å²) in [5.74, 6) is 0.287. The van der Waals surface area contributed by atoms with Crippen LogP contribution >= 0.6 is 0 Å². The van der Waals surface area contributed by atoms with E-state index in [0.717, 1.165) is 32.7 Å². The molecule has 2 nitrogen and oxygen atoms in total. The van der Waals surface area contributed by atoms with Gasteiger partial charge in [0.15, 0.2) is 0 Å². The van der Waals surface area contributed by atoms with E-state index in [-0.39, 0.29) is 5.75 Å². The van der Waals surface area contributed by atoms with Crippen molar-refractivity contribution in [1.82, 2.24) is 0 Å². The molecule has 18 heavy (non-hydrogen) atoms. The number of benzene rings is 3. The summed E-state index contributed by atoms with van der Waals surface area (Å²) >= 11 is 0. The predicted molar refractivity (Wildman–Crippen MR) is 72.9 cm³/mol. The van der Waals surface area contributed by atoms with Gasteiger partial charge in [-0.25, -0.2) is 0 Å². The second-order valence-electron chi connectivity index (χ2n) is 4.44. The van der Waals surface area contributed by atoms with Crippen molar-refractivity contribution in [2.24, 2.45) is 0 Å². The average molecular weight is 234 g/mol. The van der Waals surface area contributed by atoms with Crippen LogP contribution in [0.5, 0.6) is 5.75 Å². The third-order valence-electron chi connectivity index (χ3n) is 3.35. The zero-order valence-corrected chi connectivity index (χ0v) is 9.55. The molecular weight excluding hydrogens is 224 g/mol. The number of furan rings is 1. The fraction of sp³-hybridized carbons (Fsp3) is 0. The standard InChI is InChI=1S/C16H10O2/c17-14-6-3-4-10-8-13-11-5-1-2-7-15(11)18-16(13)9-12(10)14/h1-9,17H. The van der Waals surface area contributed by atoms with E-state index >= 15 is 0 Å². The summed E-state index contributed by atoms with van der Waals surface area (Å²) in [4.78, 5) is 0. The Labute approximate surface area is 103 Å². The lowest BCUT2D eigenvalue weighted by Gasteiger charge is -2.00. The molecule has 0 saturated carbocycles. The van der Waals surface area contributed by atoms with Crippen LogP contribution in [0.3, 0.4) is 0 Å². The molecule has 2 heteroatoms. The first-order valence-corrected chi connectivity index (χ1v) is 5.86. The van der Waals surface area contributed by atoms with Crippen LogP contribution < -0.4 is 0 Å². The molecular formula is C16H10O2. The smallest absolute Gasteiger partial charge is 0.136 e. The van der Waals surface area contributed by atoms with Crippen molar-refractivity contribution >= 4 is 32.7 Å². The molecule has 0 atom stereocenters. The third kappa shape index (κ3) is 1.17. The Morgan fingerprint density at radius 2 is 1.61 bits per heavy atom. The molecule has 0 aliphatic rings. The van der Waals surface area contributed by atoms with Gasteiger partial charge in [0.25, 0.3) is 0 Å². The van der Waals surface area contributed by atoms with E-state index < -0.39 is 0 Å². The Kier molecular flexibility index (Phi) is 1.73. The molecule has 0 saturated heterocycles. The van der Waals surface area contributed by atoms with Crippen molar-refractivity contribution < 1.29 is 9.52 Å². The van der Waals surface area contributed by atoms with Crippen molar-refractivity contribution in [3.05, 3.63) is 54.6 Å². The highest BCUT2D eigenvalue weighted by Crippen LogP contribution is 2.34. The van der Waals surface area contributed by atoms with Crippen LogP contribution in [0.25, 0.3) is 32.7 Å². The second-order valence-corrected chi connectivity index (χ2v) is 4.44. The molecule has 0 unspecified atom stereocenters. The third-order valence-corrected chi connectivity index (χ3v) is 3.35. The zero-order valence-electron chi connectivity index (χ0n) is 9.55. The van der Waals surface area contributed by atoms with Crippen molar-refractivity contribution in [2.75, 3.05) is 0 Å². The van der Waals surface area contributed by atoms with E-state index in [0.29, 0.717) is 0 Å². The van der Waals surface area contributed by atoms with Crippen LogP contribution in [0.1, 0.15) is 0 Å². The first kappa shape index (κ1) is 9.54. The number of hydrogen-bond acceptors (Lipinski definition) is 2. The summed E-state index contributed by atoms with van der Waals surface area (Å²) in [5, 5.41) is 13.9. The van der Waals surface area contributed by atoms with Crippen molar-refractivity contribution in [3.8, 4) is 5.75 Å². The van der Waals surface area contributed by atoms with Gasteiger partial charge in [-0.05, 0) is 29.7 Å². The minimum Gasteiger partial charge on any atom is -0.507 e. The highest BCUT2D eigenvalue weighted by molar-refractivity contribution is 6.10. The maximum atomic E-state index is 9.86. The molecule has 4 rings (SSSR count). The van der Waals surface area contributed by atoms with Crippen molar-refractivity contribution in [1.29, 1.82) is 0 Å². The minimum atomic E-state index is 0.287. The molecule has 1 N–H and O–H groups in total. The second kappa shape index (κ2) is 3.26. The average Bonchev–Trinajstić information content (AvgIpc) is 2.75. The van der Waals surface area contributed by atoms with Crippen LogP contribution in [-0.4, -0.2) is 5.11 Å². The minimum absolute atomic E-state index is 0.287. The molecule has 0 bridgehead atoms. The number of fused-ring (bicyclic) bond motifs is 4. The molecule has 0 aliphatic carbocycles. The van der Waals surface area contributed by atoms with Crippen LogP contribution in [0.15, 0.2) is 59.0 Å². The van der Waals surface area contributed by atoms with E-state index in [9.17, 15) is 5.11 Å². The lowest BCUT2D eigenvalue weighted by atomic mass is 10.1. The Balaban J connectivity index is 2.27. The molecule has 1 heterocycles. The monoisotopic (exact) mass is 234 g/mol. The molecule has 0 fully saturated rings. The maximum absolute atomic E-state index is 9.86. The van der Waals surface area contributed by atoms with Gasteiger partial charge in [0.05, 0.1) is 0 Å². The molecule has 1 aromatic heterocycles. The molecule has 3 aromatic carbocycles. The number of phenolic OH excluding ortho intramolecular Hbond substituents is 1. The van der Waals surface area contributed by atoms with Gasteiger partial charge >= 0.3 is 0 Å². The zero-order chi connectivity index (χ0) is 12.1. The Morgan fingerprint density at radius 1 is 0.722 bits per heavy atom. The van der Waals surface area contributed by atoms with E-state index in [4.69, 9.17) is 4.42 Å². The summed E-state index contributed by atoms with van der Waals surface area (Å²) in [7, 11) is 0. The summed E-state index contributed by atoms with van der Waals surface area (Å²) in [6.07, 6.45) is 0. The number of rotatable bonds is 0. The largest absolute Gasteiger partial charge is 0.507 e. The highest BCUT2D eigenvalue weighted by Gasteiger charge is 2.08. The van der Waals surface area contributed by atoms with Crippen molar-refractivity contribution in [3.63, 3.8) is 0 Å². The number of phenols is 1. The number of para-hydroxylation sites is 1. The molecule has 0 radical (unpaired) electrons. The molecule has 0 amide bonds. The molecule has 4 aromatic rings. The quantitative estimate of drug-likeness (QED) is 0.487. The van der Waals surface area contributed by atoms with Gasteiger partial charge in [-0.15, -0.1) is 0 Å². The number of hydrogen-bond donors (Lipinski definition) is 1. The van der Waals surface area contributed by atoms with Crippen LogP contribution in [0.2, 0.25) is 0 Å². The van der Waals surface area contributed by atoms with Gasteiger partial charge < -0.3 is 9.52 Å². The SMILES string of the molecule is Oc1cccc2cc3c(cc12)oc1ccccc13. The maximum Gasteiger partial charge on any atom is 0.136 e. The molecule has 0 spiro atoms. The summed E-state index contributed by atoms with van der Waals surface area (Å²) in [6, 6.07) is 17.5. The molecule has 0 aliphatic heterocycles. The Bertz CT molecular complexity index is 887. The van der Waals surface area contributed by atoms with Gasteiger partial charge in [-0.2, -0.15) is 0 Å². The van der Waals surface area contributed by atoms with Gasteiger partial charge in [0.1, 0.15) is 16.9 Å². The summed E-state index contributed by atoms with van der Waals surface area (Å²) in [5.41, 5.74) is 1.69. The van der Waals surface area contributed by atoms with Gasteiger partial charge in [-0.3, -0.25) is 0 Å². The summed E-state index contributed by atoms with van der Waals surface area (Å²) in [6.45, 7) is 0. The van der Waals surface area contributed by atoms with Gasteiger partial charge in [0.2, 0.25) is 0 Å². The van der Waals surface area contributed by atoms with Gasteiger partial charge in [0, 0.05) is 16.2 Å². The van der Waals surface area contributed by atoms with Crippen molar-refractivity contribution in [2.45, 2.75) is 0 Å². The fourth-order valence-corrected chi connectivity index (χ4v) is 2.48. The predicted octanol–water partition coefficient (Wildman–Crippen LogP) is 4.44. The van der Waals surface area contributed by atoms with E-state index in [1.807, 2.05) is 36.4 Å². The normalized spacial score (nSPS) is 11.6. The van der Waals surface area contributed by atoms with Crippen LogP contribution in [0, 0.1) is 0 Å².